The van der Waals surface area contributed by atoms with Crippen LogP contribution < -0.4 is 5.32 Å². The molecule has 0 radical (unpaired) electrons. The van der Waals surface area contributed by atoms with Gasteiger partial charge in [-0.3, -0.25) is 0 Å². The molecule has 2 amide bonds. The van der Waals surface area contributed by atoms with Crippen molar-refractivity contribution in [2.75, 3.05) is 13.1 Å². The highest BCUT2D eigenvalue weighted by atomic mass is 19.4. The third-order valence-corrected chi connectivity index (χ3v) is 4.10. The van der Waals surface area contributed by atoms with Gasteiger partial charge in [0.15, 0.2) is 0 Å². The normalized spacial score (nSPS) is 18.0. The van der Waals surface area contributed by atoms with E-state index in [1.807, 2.05) is 0 Å². The summed E-state index contributed by atoms with van der Waals surface area (Å²) in [6, 6.07) is 5.37. The van der Waals surface area contributed by atoms with Crippen molar-refractivity contribution in [1.82, 2.24) is 20.4 Å². The summed E-state index contributed by atoms with van der Waals surface area (Å²) < 4.78 is 55.3. The number of piperidine rings is 1. The van der Waals surface area contributed by atoms with E-state index in [1.165, 1.54) is 17.0 Å². The molecule has 2 heterocycles. The molecule has 0 spiro atoms. The molecular weight excluding hydrogens is 356 g/mol. The second kappa shape index (κ2) is 7.30. The Hall–Kier alpha value is -2.65. The smallest absolute Gasteiger partial charge is 0.417 e. The molecule has 0 bridgehead atoms. The minimum atomic E-state index is -4.69. The summed E-state index contributed by atoms with van der Waals surface area (Å²) in [5, 5.41) is 9.20. The number of nitrogens with one attached hydrogen (secondary N) is 1. The van der Waals surface area contributed by atoms with Crippen molar-refractivity contribution in [3.8, 4) is 0 Å². The number of amides is 2. The van der Waals surface area contributed by atoms with Gasteiger partial charge in [-0.1, -0.05) is 12.1 Å². The van der Waals surface area contributed by atoms with Gasteiger partial charge in [0.25, 0.3) is 0 Å². The highest BCUT2D eigenvalue weighted by Gasteiger charge is 2.39. The molecule has 26 heavy (non-hydrogen) atoms. The second-order valence-electron chi connectivity index (χ2n) is 6.01. The number of aromatic nitrogens is 2. The number of halogens is 4. The fraction of sp³-hybridized carbons (Fsp3) is 0.438. The Morgan fingerprint density at radius 1 is 1.27 bits per heavy atom. The Labute approximate surface area is 146 Å². The van der Waals surface area contributed by atoms with Crippen LogP contribution in [0.4, 0.5) is 22.4 Å². The van der Waals surface area contributed by atoms with Crippen molar-refractivity contribution < 1.29 is 26.8 Å². The molecular formula is C16H16F4N4O2. The molecule has 1 aliphatic rings. The number of benzene rings is 1. The summed E-state index contributed by atoms with van der Waals surface area (Å²) in [5.41, 5.74) is 0.736. The van der Waals surface area contributed by atoms with Crippen molar-refractivity contribution >= 4 is 6.03 Å². The molecule has 1 aliphatic heterocycles. The fourth-order valence-electron chi connectivity index (χ4n) is 2.77. The van der Waals surface area contributed by atoms with E-state index in [9.17, 15) is 22.4 Å². The highest BCUT2D eigenvalue weighted by molar-refractivity contribution is 5.74. The average Bonchev–Trinajstić information content (AvgIpc) is 3.12. The third kappa shape index (κ3) is 4.30. The monoisotopic (exact) mass is 372 g/mol. The van der Waals surface area contributed by atoms with Gasteiger partial charge >= 0.3 is 18.1 Å². The van der Waals surface area contributed by atoms with Crippen molar-refractivity contribution in [3.63, 3.8) is 0 Å². The lowest BCUT2D eigenvalue weighted by Crippen LogP contribution is -2.44. The molecule has 1 fully saturated rings. The van der Waals surface area contributed by atoms with Crippen LogP contribution in [-0.2, 0) is 12.7 Å². The van der Waals surface area contributed by atoms with E-state index < -0.39 is 18.0 Å². The Balaban J connectivity index is 1.58. The van der Waals surface area contributed by atoms with Gasteiger partial charge in [0, 0.05) is 19.6 Å². The molecule has 140 valence electrons. The second-order valence-corrected chi connectivity index (χ2v) is 6.01. The minimum absolute atomic E-state index is 0.117. The molecule has 1 N–H and O–H groups in total. The number of carbonyl (C=O) groups is 1. The lowest BCUT2D eigenvalue weighted by molar-refractivity contribution is -0.157. The predicted molar refractivity (Wildman–Crippen MR) is 81.5 cm³/mol. The number of nitrogens with zero attached hydrogens (tertiary/aromatic N) is 3. The maximum atomic E-state index is 12.9. The first kappa shape index (κ1) is 18.2. The van der Waals surface area contributed by atoms with Gasteiger partial charge in [0.2, 0.25) is 5.89 Å². The van der Waals surface area contributed by atoms with Crippen LogP contribution in [0.15, 0.2) is 28.7 Å². The van der Waals surface area contributed by atoms with Gasteiger partial charge in [0.05, 0.1) is 5.92 Å². The molecule has 0 saturated carbocycles. The number of carbonyl (C=O) groups excluding carboxylic acids is 1. The Kier molecular flexibility index (Phi) is 5.10. The number of likely N-dealkylation sites (tertiary alicyclic amines) is 1. The van der Waals surface area contributed by atoms with Gasteiger partial charge in [-0.25, -0.2) is 9.18 Å². The van der Waals surface area contributed by atoms with Crippen LogP contribution in [0.5, 0.6) is 0 Å². The highest BCUT2D eigenvalue weighted by Crippen LogP contribution is 2.31. The Bertz CT molecular complexity index is 760. The van der Waals surface area contributed by atoms with Crippen molar-refractivity contribution in [2.45, 2.75) is 31.5 Å². The summed E-state index contributed by atoms with van der Waals surface area (Å²) in [5.74, 6) is -2.31. The van der Waals surface area contributed by atoms with E-state index >= 15 is 0 Å². The number of rotatable bonds is 3. The standard InChI is InChI=1S/C16H16F4N4O2/c17-12-5-3-10(4-6-12)8-21-15(25)24-7-1-2-11(9-24)13-22-23-14(26-13)16(18,19)20/h3-6,11H,1-2,7-9H2,(H,21,25)/t11-/m1/s1. The lowest BCUT2D eigenvalue weighted by atomic mass is 9.98. The van der Waals surface area contributed by atoms with E-state index in [0.29, 0.717) is 19.4 Å². The van der Waals surface area contributed by atoms with E-state index in [-0.39, 0.29) is 30.8 Å². The molecule has 0 unspecified atom stereocenters. The SMILES string of the molecule is O=C(NCc1ccc(F)cc1)N1CCC[C@@H](c2nnc(C(F)(F)F)o2)C1. The van der Waals surface area contributed by atoms with Crippen LogP contribution in [0.3, 0.4) is 0 Å². The zero-order chi connectivity index (χ0) is 18.7. The first-order valence-electron chi connectivity index (χ1n) is 8.01. The third-order valence-electron chi connectivity index (χ3n) is 4.10. The Morgan fingerprint density at radius 2 is 2.00 bits per heavy atom. The van der Waals surface area contributed by atoms with Gasteiger partial charge in [-0.05, 0) is 30.5 Å². The van der Waals surface area contributed by atoms with Gasteiger partial charge in [-0.2, -0.15) is 13.2 Å². The maximum Gasteiger partial charge on any atom is 0.470 e. The molecule has 1 atom stereocenters. The van der Waals surface area contributed by atoms with Crippen LogP contribution >= 0.6 is 0 Å². The maximum absolute atomic E-state index is 12.9. The predicted octanol–water partition coefficient (Wildman–Crippen LogP) is 3.32. The van der Waals surface area contributed by atoms with E-state index in [4.69, 9.17) is 4.42 Å². The lowest BCUT2D eigenvalue weighted by Gasteiger charge is -2.31. The van der Waals surface area contributed by atoms with Gasteiger partial charge in [-0.15, -0.1) is 10.2 Å². The van der Waals surface area contributed by atoms with Crippen LogP contribution in [0, 0.1) is 5.82 Å². The quantitative estimate of drug-likeness (QED) is 0.839. The Morgan fingerprint density at radius 3 is 2.65 bits per heavy atom. The van der Waals surface area contributed by atoms with Gasteiger partial charge < -0.3 is 14.6 Å². The topological polar surface area (TPSA) is 71.3 Å². The summed E-state index contributed by atoms with van der Waals surface area (Å²) >= 11 is 0. The molecule has 1 aromatic heterocycles. The van der Waals surface area contributed by atoms with Crippen LogP contribution in [-0.4, -0.2) is 34.2 Å². The van der Waals surface area contributed by atoms with Crippen molar-refractivity contribution in [2.24, 2.45) is 0 Å². The number of hydrogen-bond acceptors (Lipinski definition) is 4. The number of hydrogen-bond donors (Lipinski definition) is 1. The largest absolute Gasteiger partial charge is 0.470 e. The molecule has 2 aromatic rings. The number of urea groups is 1. The molecule has 6 nitrogen and oxygen atoms in total. The average molecular weight is 372 g/mol. The summed E-state index contributed by atoms with van der Waals surface area (Å²) in [6.07, 6.45) is -3.52. The van der Waals surface area contributed by atoms with Crippen molar-refractivity contribution in [3.05, 3.63) is 47.4 Å². The molecule has 3 rings (SSSR count). The first-order chi connectivity index (χ1) is 12.3. The summed E-state index contributed by atoms with van der Waals surface area (Å²) in [6.45, 7) is 0.889. The van der Waals surface area contributed by atoms with Gasteiger partial charge in [0.1, 0.15) is 5.82 Å². The van der Waals surface area contributed by atoms with E-state index in [1.54, 1.807) is 12.1 Å². The van der Waals surface area contributed by atoms with E-state index in [0.717, 1.165) is 5.56 Å². The number of alkyl halides is 3. The van der Waals surface area contributed by atoms with Crippen LogP contribution in [0.25, 0.3) is 0 Å². The van der Waals surface area contributed by atoms with Crippen LogP contribution in [0.1, 0.15) is 36.1 Å². The van der Waals surface area contributed by atoms with E-state index in [2.05, 4.69) is 15.5 Å². The summed E-state index contributed by atoms with van der Waals surface area (Å²) in [7, 11) is 0. The fourth-order valence-corrected chi connectivity index (χ4v) is 2.77. The van der Waals surface area contributed by atoms with Crippen molar-refractivity contribution in [1.29, 1.82) is 0 Å². The minimum Gasteiger partial charge on any atom is -0.417 e. The van der Waals surface area contributed by atoms with Crippen LogP contribution in [0.2, 0.25) is 0 Å². The summed E-state index contributed by atoms with van der Waals surface area (Å²) in [4.78, 5) is 13.8. The molecule has 10 heteroatoms. The molecule has 1 saturated heterocycles. The zero-order valence-corrected chi connectivity index (χ0v) is 13.6. The zero-order valence-electron chi connectivity index (χ0n) is 13.6. The molecule has 0 aliphatic carbocycles. The molecule has 1 aromatic carbocycles. The first-order valence-corrected chi connectivity index (χ1v) is 8.01.